The predicted octanol–water partition coefficient (Wildman–Crippen LogP) is 2.47. The van der Waals surface area contributed by atoms with E-state index in [1.54, 1.807) is 43.2 Å². The van der Waals surface area contributed by atoms with Gasteiger partial charge in [0.05, 0.1) is 36.9 Å². The minimum absolute atomic E-state index is 0.197. The van der Waals surface area contributed by atoms with E-state index in [1.807, 2.05) is 35.8 Å². The molecule has 0 saturated carbocycles. The zero-order chi connectivity index (χ0) is 20.1. The first kappa shape index (κ1) is 18.5. The second-order valence-electron chi connectivity index (χ2n) is 6.59. The average Bonchev–Trinajstić information content (AvgIpc) is 3.15. The van der Waals surface area contributed by atoms with Crippen LogP contribution in [0.15, 0.2) is 67.5 Å². The van der Waals surface area contributed by atoms with Crippen LogP contribution in [0.25, 0.3) is 11.2 Å². The molecule has 0 fully saturated rings. The van der Waals surface area contributed by atoms with Crippen LogP contribution in [-0.2, 0) is 6.54 Å². The van der Waals surface area contributed by atoms with Crippen LogP contribution in [0.3, 0.4) is 0 Å². The molecule has 1 N–H and O–H groups in total. The lowest BCUT2D eigenvalue weighted by atomic mass is 10.2. The Morgan fingerprint density at radius 1 is 1.14 bits per heavy atom. The third-order valence-electron chi connectivity index (χ3n) is 4.30. The molecule has 0 saturated heterocycles. The Bertz CT molecular complexity index is 1100. The number of nitrogens with zero attached hydrogens (tertiary/aromatic N) is 5. The van der Waals surface area contributed by atoms with Crippen molar-refractivity contribution in [2.24, 2.45) is 0 Å². The van der Waals surface area contributed by atoms with Crippen molar-refractivity contribution in [1.82, 2.24) is 29.8 Å². The Morgan fingerprint density at radius 3 is 2.86 bits per heavy atom. The van der Waals surface area contributed by atoms with Crippen molar-refractivity contribution in [3.8, 4) is 5.75 Å². The van der Waals surface area contributed by atoms with Gasteiger partial charge in [0.25, 0.3) is 5.91 Å². The summed E-state index contributed by atoms with van der Waals surface area (Å²) < 4.78 is 7.62. The van der Waals surface area contributed by atoms with Gasteiger partial charge in [-0.15, -0.1) is 0 Å². The number of imidazole rings is 1. The van der Waals surface area contributed by atoms with Crippen LogP contribution in [0.4, 0.5) is 0 Å². The number of ether oxygens (including phenoxy) is 1. The lowest BCUT2D eigenvalue weighted by Crippen LogP contribution is -2.33. The molecule has 29 heavy (non-hydrogen) atoms. The first-order valence-electron chi connectivity index (χ1n) is 9.25. The van der Waals surface area contributed by atoms with Crippen LogP contribution in [0.2, 0.25) is 0 Å². The summed E-state index contributed by atoms with van der Waals surface area (Å²) in [5.41, 5.74) is 2.74. The maximum Gasteiger partial charge on any atom is 0.253 e. The zero-order valence-corrected chi connectivity index (χ0v) is 15.9. The first-order valence-corrected chi connectivity index (χ1v) is 9.25. The summed E-state index contributed by atoms with van der Waals surface area (Å²) in [6.45, 7) is 2.81. The van der Waals surface area contributed by atoms with Crippen molar-refractivity contribution in [2.45, 2.75) is 19.6 Å². The van der Waals surface area contributed by atoms with Crippen molar-refractivity contribution in [3.05, 3.63) is 78.8 Å². The molecule has 0 aliphatic heterocycles. The number of carbonyl (C=O) groups is 1. The SMILES string of the molecule is CC(CNC(=O)c1cnc2c(c1)ncn2Cc1ccccn1)Oc1cccnc1. The maximum atomic E-state index is 12.5. The van der Waals surface area contributed by atoms with E-state index in [9.17, 15) is 4.79 Å². The van der Waals surface area contributed by atoms with Crippen LogP contribution in [-0.4, -0.2) is 43.1 Å². The molecular weight excluding hydrogens is 368 g/mol. The van der Waals surface area contributed by atoms with Gasteiger partial charge in [0, 0.05) is 18.6 Å². The average molecular weight is 388 g/mol. The molecule has 4 heterocycles. The quantitative estimate of drug-likeness (QED) is 0.523. The largest absolute Gasteiger partial charge is 0.487 e. The van der Waals surface area contributed by atoms with Gasteiger partial charge in [-0.2, -0.15) is 0 Å². The van der Waals surface area contributed by atoms with Gasteiger partial charge in [-0.3, -0.25) is 14.8 Å². The molecule has 0 aliphatic carbocycles. The summed E-state index contributed by atoms with van der Waals surface area (Å²) in [7, 11) is 0. The Kier molecular flexibility index (Phi) is 5.42. The summed E-state index contributed by atoms with van der Waals surface area (Å²) in [4.78, 5) is 29.6. The highest BCUT2D eigenvalue weighted by molar-refractivity contribution is 5.96. The van der Waals surface area contributed by atoms with E-state index in [0.717, 1.165) is 5.69 Å². The molecule has 0 aliphatic rings. The summed E-state index contributed by atoms with van der Waals surface area (Å²) in [6.07, 6.45) is 8.14. The van der Waals surface area contributed by atoms with Crippen LogP contribution in [0, 0.1) is 0 Å². The number of fused-ring (bicyclic) bond motifs is 1. The highest BCUT2D eigenvalue weighted by Gasteiger charge is 2.13. The van der Waals surface area contributed by atoms with Gasteiger partial charge in [-0.1, -0.05) is 6.07 Å². The molecule has 1 unspecified atom stereocenters. The maximum absolute atomic E-state index is 12.5. The van der Waals surface area contributed by atoms with Crippen LogP contribution >= 0.6 is 0 Å². The van der Waals surface area contributed by atoms with E-state index < -0.39 is 0 Å². The monoisotopic (exact) mass is 388 g/mol. The molecule has 4 aromatic rings. The standard InChI is InChI=1S/C21H20N6O2/c1-15(29-18-6-4-7-22-12-18)10-25-21(28)16-9-19-20(24-11-16)27(14-26-19)13-17-5-2-3-8-23-17/h2-9,11-12,14-15H,10,13H2,1H3,(H,25,28). The minimum atomic E-state index is -0.222. The van der Waals surface area contributed by atoms with Gasteiger partial charge in [-0.05, 0) is 37.3 Å². The Morgan fingerprint density at radius 2 is 2.07 bits per heavy atom. The molecule has 0 spiro atoms. The fraction of sp³-hybridized carbons (Fsp3) is 0.190. The lowest BCUT2D eigenvalue weighted by molar-refractivity contribution is 0.0932. The molecule has 4 rings (SSSR count). The van der Waals surface area contributed by atoms with Crippen LogP contribution in [0.1, 0.15) is 23.0 Å². The number of hydrogen-bond acceptors (Lipinski definition) is 6. The molecule has 8 heteroatoms. The molecule has 146 valence electrons. The number of pyridine rings is 3. The molecule has 1 amide bonds. The zero-order valence-electron chi connectivity index (χ0n) is 15.9. The Hall–Kier alpha value is -3.81. The highest BCUT2D eigenvalue weighted by Crippen LogP contribution is 2.14. The van der Waals surface area contributed by atoms with Crippen LogP contribution in [0.5, 0.6) is 5.75 Å². The van der Waals surface area contributed by atoms with Gasteiger partial charge < -0.3 is 14.6 Å². The molecule has 0 radical (unpaired) electrons. The van der Waals surface area contributed by atoms with Gasteiger partial charge >= 0.3 is 0 Å². The molecule has 8 nitrogen and oxygen atoms in total. The molecule has 0 bridgehead atoms. The van der Waals surface area contributed by atoms with Crippen molar-refractivity contribution >= 4 is 17.1 Å². The van der Waals surface area contributed by atoms with E-state index in [-0.39, 0.29) is 12.0 Å². The lowest BCUT2D eigenvalue weighted by Gasteiger charge is -2.15. The fourth-order valence-electron chi connectivity index (χ4n) is 2.88. The summed E-state index contributed by atoms with van der Waals surface area (Å²) in [5, 5.41) is 2.86. The normalized spacial score (nSPS) is 11.9. The third-order valence-corrected chi connectivity index (χ3v) is 4.30. The summed E-state index contributed by atoms with van der Waals surface area (Å²) in [5.74, 6) is 0.441. The number of amides is 1. The summed E-state index contributed by atoms with van der Waals surface area (Å²) >= 11 is 0. The fourth-order valence-corrected chi connectivity index (χ4v) is 2.88. The topological polar surface area (TPSA) is 94.8 Å². The first-order chi connectivity index (χ1) is 14.2. The molecule has 4 aromatic heterocycles. The van der Waals surface area contributed by atoms with Crippen molar-refractivity contribution < 1.29 is 9.53 Å². The minimum Gasteiger partial charge on any atom is -0.487 e. The van der Waals surface area contributed by atoms with E-state index in [2.05, 4.69) is 25.3 Å². The second-order valence-corrected chi connectivity index (χ2v) is 6.59. The third kappa shape index (κ3) is 4.55. The van der Waals surface area contributed by atoms with E-state index in [1.165, 1.54) is 0 Å². The van der Waals surface area contributed by atoms with E-state index in [0.29, 0.717) is 35.6 Å². The van der Waals surface area contributed by atoms with E-state index >= 15 is 0 Å². The van der Waals surface area contributed by atoms with Crippen molar-refractivity contribution in [3.63, 3.8) is 0 Å². The molecule has 1 atom stereocenters. The Balaban J connectivity index is 1.39. The Labute approximate surface area is 167 Å². The number of nitrogens with one attached hydrogen (secondary N) is 1. The van der Waals surface area contributed by atoms with Gasteiger partial charge in [0.2, 0.25) is 0 Å². The second kappa shape index (κ2) is 8.47. The molecule has 0 aromatic carbocycles. The van der Waals surface area contributed by atoms with Crippen molar-refractivity contribution in [1.29, 1.82) is 0 Å². The predicted molar refractivity (Wildman–Crippen MR) is 108 cm³/mol. The van der Waals surface area contributed by atoms with Gasteiger partial charge in [0.15, 0.2) is 5.65 Å². The number of aromatic nitrogens is 5. The highest BCUT2D eigenvalue weighted by atomic mass is 16.5. The van der Waals surface area contributed by atoms with Crippen LogP contribution < -0.4 is 10.1 Å². The van der Waals surface area contributed by atoms with Crippen molar-refractivity contribution in [2.75, 3.05) is 6.54 Å². The number of rotatable bonds is 7. The van der Waals surface area contributed by atoms with Gasteiger partial charge in [0.1, 0.15) is 17.4 Å². The smallest absolute Gasteiger partial charge is 0.253 e. The number of hydrogen-bond donors (Lipinski definition) is 1. The molecular formula is C21H20N6O2. The summed E-state index contributed by atoms with van der Waals surface area (Å²) in [6, 6.07) is 11.1. The number of carbonyl (C=O) groups excluding carboxylic acids is 1. The van der Waals surface area contributed by atoms with Gasteiger partial charge in [-0.25, -0.2) is 9.97 Å². The van der Waals surface area contributed by atoms with E-state index in [4.69, 9.17) is 4.74 Å².